The van der Waals surface area contributed by atoms with E-state index in [9.17, 15) is 28.4 Å². The quantitative estimate of drug-likeness (QED) is 0.0440. The number of Topliss-reactive ketones (excluding diaryl/α,β-unsaturated/α-hetero) is 1. The van der Waals surface area contributed by atoms with Crippen molar-refractivity contribution in [3.63, 3.8) is 0 Å². The van der Waals surface area contributed by atoms with Gasteiger partial charge in [0.15, 0.2) is 0 Å². The lowest BCUT2D eigenvalue weighted by molar-refractivity contribution is -0.124. The average Bonchev–Trinajstić information content (AvgIpc) is 3.43. The van der Waals surface area contributed by atoms with Crippen molar-refractivity contribution < 1.29 is 38.2 Å². The van der Waals surface area contributed by atoms with Crippen molar-refractivity contribution in [2.24, 2.45) is 0 Å². The number of amides is 2. The first-order valence-corrected chi connectivity index (χ1v) is 19.4. The third kappa shape index (κ3) is 10.8. The number of carbonyl (C=O) groups excluding carboxylic acids is 4. The number of fused-ring (bicyclic) bond motifs is 1. The lowest BCUT2D eigenvalue weighted by atomic mass is 10.0. The van der Waals surface area contributed by atoms with E-state index in [0.29, 0.717) is 58.2 Å². The molecule has 1 fully saturated rings. The van der Waals surface area contributed by atoms with Crippen molar-refractivity contribution in [3.8, 4) is 0 Å². The SMILES string of the molecule is COC(=O)c1ccc(N)cc1Cl.Cc1c(C(=O)C(=O)N(C)C)c2cc(C(=O)N3C[C@H](C)N(Cc4ccc(F)cc4)C[C@H]3C)c(Cl)cc2n1N.Nc1ccc(C(=O)O)c(Cl)c1. The van der Waals surface area contributed by atoms with Gasteiger partial charge in [0.2, 0.25) is 0 Å². The number of carboxylic acid groups (broad SMARTS) is 1. The van der Waals surface area contributed by atoms with Crippen LogP contribution < -0.4 is 17.3 Å². The second-order valence-electron chi connectivity index (χ2n) is 14.2. The summed E-state index contributed by atoms with van der Waals surface area (Å²) in [7, 11) is 4.30. The summed E-state index contributed by atoms with van der Waals surface area (Å²) in [6.45, 7) is 7.41. The topological polar surface area (TPSA) is 208 Å². The summed E-state index contributed by atoms with van der Waals surface area (Å²) in [5.41, 5.74) is 14.4. The van der Waals surface area contributed by atoms with Gasteiger partial charge in [-0.15, -0.1) is 0 Å². The van der Waals surface area contributed by atoms with Crippen molar-refractivity contribution in [2.75, 3.05) is 51.6 Å². The Balaban J connectivity index is 0.000000279. The number of nitrogens with two attached hydrogens (primary N) is 3. The molecule has 4 aromatic carbocycles. The van der Waals surface area contributed by atoms with Crippen molar-refractivity contribution in [3.05, 3.63) is 127 Å². The zero-order valence-corrected chi connectivity index (χ0v) is 35.9. The Morgan fingerprint density at radius 3 is 1.88 bits per heavy atom. The van der Waals surface area contributed by atoms with Crippen molar-refractivity contribution in [1.82, 2.24) is 19.4 Å². The first-order valence-electron chi connectivity index (χ1n) is 18.2. The second kappa shape index (κ2) is 19.9. The third-order valence-corrected chi connectivity index (χ3v) is 10.6. The molecule has 18 heteroatoms. The maximum atomic E-state index is 13.7. The molecule has 2 atom stereocenters. The Labute approximate surface area is 361 Å². The molecule has 0 spiro atoms. The number of ether oxygens (including phenoxy) is 1. The van der Waals surface area contributed by atoms with Crippen LogP contribution in [0, 0.1) is 12.7 Å². The molecule has 2 heterocycles. The fourth-order valence-electron chi connectivity index (χ4n) is 6.41. The lowest BCUT2D eigenvalue weighted by Gasteiger charge is -2.44. The molecule has 0 bridgehead atoms. The molecule has 0 aliphatic carbocycles. The van der Waals surface area contributed by atoms with Gasteiger partial charge in [-0.25, -0.2) is 14.0 Å². The highest BCUT2D eigenvalue weighted by Crippen LogP contribution is 2.32. The van der Waals surface area contributed by atoms with Gasteiger partial charge in [0, 0.05) is 68.3 Å². The Hall–Kier alpha value is -5.87. The van der Waals surface area contributed by atoms with E-state index in [2.05, 4.69) is 9.64 Å². The number of nitrogens with zero attached hydrogens (tertiary/aromatic N) is 4. The Bertz CT molecular complexity index is 2440. The summed E-state index contributed by atoms with van der Waals surface area (Å²) in [5.74, 6) is 2.76. The Morgan fingerprint density at radius 1 is 0.817 bits per heavy atom. The molecule has 5 aromatic rings. The minimum atomic E-state index is -1.05. The number of methoxy groups -OCH3 is 1. The van der Waals surface area contributed by atoms with Crippen molar-refractivity contribution in [2.45, 2.75) is 39.4 Å². The third-order valence-electron chi connectivity index (χ3n) is 9.69. The summed E-state index contributed by atoms with van der Waals surface area (Å²) in [5, 5.41) is 9.62. The lowest BCUT2D eigenvalue weighted by Crippen LogP contribution is -2.57. The number of carbonyl (C=O) groups is 5. The number of hydrogen-bond donors (Lipinski definition) is 4. The van der Waals surface area contributed by atoms with Gasteiger partial charge in [0.25, 0.3) is 17.6 Å². The van der Waals surface area contributed by atoms with Crippen LogP contribution in [0.25, 0.3) is 10.9 Å². The molecule has 1 aliphatic rings. The number of benzene rings is 4. The number of halogens is 4. The normalized spacial score (nSPS) is 14.9. The highest BCUT2D eigenvalue weighted by Gasteiger charge is 2.34. The van der Waals surface area contributed by atoms with Crippen LogP contribution in [-0.2, 0) is 16.1 Å². The van der Waals surface area contributed by atoms with Crippen LogP contribution in [0.5, 0.6) is 0 Å². The van der Waals surface area contributed by atoms with Gasteiger partial charge >= 0.3 is 11.9 Å². The number of aromatic nitrogens is 1. The molecule has 1 aliphatic heterocycles. The minimum Gasteiger partial charge on any atom is -0.478 e. The summed E-state index contributed by atoms with van der Waals surface area (Å²) < 4.78 is 19.1. The molecule has 6 rings (SSSR count). The van der Waals surface area contributed by atoms with Crippen LogP contribution in [0.15, 0.2) is 72.8 Å². The number of aromatic carboxylic acids is 1. The average molecular weight is 885 g/mol. The van der Waals surface area contributed by atoms with E-state index in [1.54, 1.807) is 42.2 Å². The van der Waals surface area contributed by atoms with E-state index in [1.807, 2.05) is 13.8 Å². The van der Waals surface area contributed by atoms with Crippen LogP contribution in [0.2, 0.25) is 15.1 Å². The summed E-state index contributed by atoms with van der Waals surface area (Å²) in [6.07, 6.45) is 0. The zero-order chi connectivity index (χ0) is 44.7. The van der Waals surface area contributed by atoms with Crippen molar-refractivity contribution >= 4 is 86.6 Å². The van der Waals surface area contributed by atoms with Gasteiger partial charge in [0.05, 0.1) is 49.9 Å². The molecule has 1 saturated heterocycles. The van der Waals surface area contributed by atoms with Gasteiger partial charge in [-0.1, -0.05) is 46.9 Å². The Morgan fingerprint density at radius 2 is 1.37 bits per heavy atom. The zero-order valence-electron chi connectivity index (χ0n) is 33.6. The maximum Gasteiger partial charge on any atom is 0.339 e. The predicted octanol–water partition coefficient (Wildman–Crippen LogP) is 6.79. The molecular formula is C42H45Cl3FN7O7. The summed E-state index contributed by atoms with van der Waals surface area (Å²) in [6, 6.07) is 18.4. The number of likely N-dealkylation sites (N-methyl/N-ethyl adjacent to an activating group) is 1. The van der Waals surface area contributed by atoms with E-state index >= 15 is 0 Å². The predicted molar refractivity (Wildman–Crippen MR) is 232 cm³/mol. The minimum absolute atomic E-state index is 0.0509. The van der Waals surface area contributed by atoms with Gasteiger partial charge < -0.3 is 37.0 Å². The fourth-order valence-corrected chi connectivity index (χ4v) is 7.19. The molecule has 60 heavy (non-hydrogen) atoms. The number of hydrogen-bond acceptors (Lipinski definition) is 10. The van der Waals surface area contributed by atoms with E-state index in [1.165, 1.54) is 73.2 Å². The van der Waals surface area contributed by atoms with Crippen LogP contribution in [-0.4, -0.2) is 100 Å². The highest BCUT2D eigenvalue weighted by molar-refractivity contribution is 6.45. The molecule has 1 aromatic heterocycles. The van der Waals surface area contributed by atoms with E-state index < -0.39 is 23.6 Å². The molecule has 318 valence electrons. The van der Waals surface area contributed by atoms with Crippen LogP contribution in [0.3, 0.4) is 0 Å². The van der Waals surface area contributed by atoms with Crippen LogP contribution >= 0.6 is 34.8 Å². The van der Waals surface area contributed by atoms with Gasteiger partial charge in [-0.05, 0) is 87.0 Å². The van der Waals surface area contributed by atoms with E-state index in [-0.39, 0.29) is 50.5 Å². The molecule has 0 saturated carbocycles. The molecule has 14 nitrogen and oxygen atoms in total. The fraction of sp³-hybridized carbons (Fsp3) is 0.262. The van der Waals surface area contributed by atoms with E-state index in [0.717, 1.165) is 5.56 Å². The number of anilines is 2. The number of carboxylic acids is 1. The van der Waals surface area contributed by atoms with Gasteiger partial charge in [0.1, 0.15) is 5.82 Å². The van der Waals surface area contributed by atoms with Crippen LogP contribution in [0.4, 0.5) is 15.8 Å². The largest absolute Gasteiger partial charge is 0.478 e. The highest BCUT2D eigenvalue weighted by atomic mass is 35.5. The van der Waals surface area contributed by atoms with Crippen LogP contribution in [0.1, 0.15) is 66.5 Å². The second-order valence-corrected chi connectivity index (χ2v) is 15.4. The molecule has 0 radical (unpaired) electrons. The number of ketones is 1. The van der Waals surface area contributed by atoms with Crippen molar-refractivity contribution in [1.29, 1.82) is 0 Å². The number of piperazine rings is 1. The molecular weight excluding hydrogens is 840 g/mol. The smallest absolute Gasteiger partial charge is 0.339 e. The van der Waals surface area contributed by atoms with Gasteiger partial charge in [-0.3, -0.25) is 24.0 Å². The van der Waals surface area contributed by atoms with E-state index in [4.69, 9.17) is 57.2 Å². The first-order chi connectivity index (χ1) is 28.2. The van der Waals surface area contributed by atoms with Gasteiger partial charge in [-0.2, -0.15) is 0 Å². The molecule has 2 amide bonds. The maximum absolute atomic E-state index is 13.7. The number of esters is 1. The monoisotopic (exact) mass is 883 g/mol. The molecule has 0 unspecified atom stereocenters. The first kappa shape index (κ1) is 46.8. The standard InChI is InChI=1S/C27H31ClFN5O3.C8H8ClNO2.C7H6ClNO2/c1-15-13-33(16(2)12-32(15)14-18-6-8-19(29)9-7-18)26(36)20-10-21-23(11-22(20)28)34(30)17(3)24(21)25(35)27(37)31(4)5;1-12-8(11)6-3-2-5(10)4-7(6)9;8-6-3-4(9)1-2-5(6)7(10)11/h6-11,15-16H,12-14,30H2,1-5H3;2-4H,10H2,1H3;1-3H,9H2,(H,10,11)/t15-,16+;;/m0../s1. The number of rotatable bonds is 7. The Kier molecular flexibility index (Phi) is 15.5. The summed E-state index contributed by atoms with van der Waals surface area (Å²) in [4.78, 5) is 65.8. The molecule has 7 N–H and O–H groups in total. The summed E-state index contributed by atoms with van der Waals surface area (Å²) >= 11 is 17.8. The number of nitrogen functional groups attached to an aromatic ring is 3.